The molecule has 0 saturated heterocycles. The number of hydrogen-bond donors (Lipinski definition) is 1. The Morgan fingerprint density at radius 3 is 2.67 bits per heavy atom. The fourth-order valence-electron chi connectivity index (χ4n) is 1.18. The highest BCUT2D eigenvalue weighted by Gasteiger charge is 2.05. The van der Waals surface area contributed by atoms with Crippen molar-refractivity contribution in [3.05, 3.63) is 17.5 Å². The van der Waals surface area contributed by atoms with Crippen LogP contribution in [0.2, 0.25) is 0 Å². The van der Waals surface area contributed by atoms with E-state index in [4.69, 9.17) is 5.73 Å². The lowest BCUT2D eigenvalue weighted by Gasteiger charge is -2.02. The summed E-state index contributed by atoms with van der Waals surface area (Å²) in [5, 5.41) is 4.39. The summed E-state index contributed by atoms with van der Waals surface area (Å²) in [5.74, 6) is 0. The van der Waals surface area contributed by atoms with Crippen LogP contribution in [0.5, 0.6) is 0 Å². The van der Waals surface area contributed by atoms with Crippen LogP contribution in [0, 0.1) is 6.92 Å². The second-order valence-corrected chi connectivity index (χ2v) is 3.35. The average molecular weight is 167 g/mol. The Hall–Kier alpha value is -0.830. The Bertz CT molecular complexity index is 250. The number of hydrogen-bond acceptors (Lipinski definition) is 2. The highest BCUT2D eigenvalue weighted by Crippen LogP contribution is 2.10. The molecule has 1 heterocycles. The lowest BCUT2D eigenvalue weighted by Crippen LogP contribution is -2.03. The molecule has 0 amide bonds. The maximum atomic E-state index is 5.48. The Morgan fingerprint density at radius 1 is 1.58 bits per heavy atom. The van der Waals surface area contributed by atoms with Crippen molar-refractivity contribution in [2.75, 3.05) is 6.54 Å². The number of nitrogens with zero attached hydrogens (tertiary/aromatic N) is 2. The molecule has 1 aromatic heterocycles. The minimum atomic E-state index is 0.440. The standard InChI is InChI=1S/C9H17N3/c1-7(2)12-6-9(4-5-10)8(3)11-12/h6-7H,4-5,10H2,1-3H3. The van der Waals surface area contributed by atoms with E-state index in [2.05, 4.69) is 25.1 Å². The van der Waals surface area contributed by atoms with Crippen LogP contribution in [0.4, 0.5) is 0 Å². The van der Waals surface area contributed by atoms with Crippen molar-refractivity contribution in [2.24, 2.45) is 5.73 Å². The van der Waals surface area contributed by atoms with E-state index in [9.17, 15) is 0 Å². The molecule has 0 aliphatic heterocycles. The maximum absolute atomic E-state index is 5.48. The van der Waals surface area contributed by atoms with E-state index in [0.717, 1.165) is 12.1 Å². The van der Waals surface area contributed by atoms with Crippen molar-refractivity contribution in [2.45, 2.75) is 33.2 Å². The Labute approximate surface area is 73.6 Å². The molecule has 0 atom stereocenters. The number of nitrogens with two attached hydrogens (primary N) is 1. The van der Waals surface area contributed by atoms with Gasteiger partial charge in [0, 0.05) is 12.2 Å². The van der Waals surface area contributed by atoms with Gasteiger partial charge in [-0.3, -0.25) is 4.68 Å². The Morgan fingerprint density at radius 2 is 2.25 bits per heavy atom. The van der Waals surface area contributed by atoms with Gasteiger partial charge in [-0.15, -0.1) is 0 Å². The van der Waals surface area contributed by atoms with Crippen molar-refractivity contribution in [1.82, 2.24) is 9.78 Å². The molecule has 0 aliphatic rings. The second-order valence-electron chi connectivity index (χ2n) is 3.35. The molecule has 0 fully saturated rings. The summed E-state index contributed by atoms with van der Waals surface area (Å²) in [4.78, 5) is 0. The molecule has 3 heteroatoms. The van der Waals surface area contributed by atoms with Crippen LogP contribution < -0.4 is 5.73 Å². The summed E-state index contributed by atoms with van der Waals surface area (Å²) in [6.45, 7) is 6.98. The molecule has 0 saturated carbocycles. The molecular weight excluding hydrogens is 150 g/mol. The highest BCUT2D eigenvalue weighted by molar-refractivity contribution is 5.15. The minimum Gasteiger partial charge on any atom is -0.330 e. The number of aryl methyl sites for hydroxylation is 1. The van der Waals surface area contributed by atoms with Gasteiger partial charge in [-0.1, -0.05) is 0 Å². The SMILES string of the molecule is Cc1nn(C(C)C)cc1CCN. The summed E-state index contributed by atoms with van der Waals surface area (Å²) in [5.41, 5.74) is 7.85. The molecule has 0 unspecified atom stereocenters. The van der Waals surface area contributed by atoms with Crippen LogP contribution in [-0.2, 0) is 6.42 Å². The monoisotopic (exact) mass is 167 g/mol. The molecule has 3 nitrogen and oxygen atoms in total. The van der Waals surface area contributed by atoms with Crippen molar-refractivity contribution in [3.63, 3.8) is 0 Å². The number of rotatable bonds is 3. The molecular formula is C9H17N3. The lowest BCUT2D eigenvalue weighted by atomic mass is 10.2. The smallest absolute Gasteiger partial charge is 0.0626 e. The van der Waals surface area contributed by atoms with Gasteiger partial charge in [-0.05, 0) is 39.3 Å². The molecule has 0 bridgehead atoms. The zero-order valence-corrected chi connectivity index (χ0v) is 8.04. The first-order valence-corrected chi connectivity index (χ1v) is 4.40. The van der Waals surface area contributed by atoms with E-state index in [0.29, 0.717) is 12.6 Å². The van der Waals surface area contributed by atoms with E-state index in [1.54, 1.807) is 0 Å². The van der Waals surface area contributed by atoms with Gasteiger partial charge in [0.15, 0.2) is 0 Å². The van der Waals surface area contributed by atoms with Gasteiger partial charge in [-0.25, -0.2) is 0 Å². The molecule has 1 aromatic rings. The third-order valence-electron chi connectivity index (χ3n) is 1.96. The quantitative estimate of drug-likeness (QED) is 0.736. The first kappa shape index (κ1) is 9.26. The third kappa shape index (κ3) is 1.85. The van der Waals surface area contributed by atoms with Gasteiger partial charge in [0.25, 0.3) is 0 Å². The average Bonchev–Trinajstić information content (AvgIpc) is 2.34. The van der Waals surface area contributed by atoms with Gasteiger partial charge in [-0.2, -0.15) is 5.10 Å². The zero-order valence-electron chi connectivity index (χ0n) is 8.04. The lowest BCUT2D eigenvalue weighted by molar-refractivity contribution is 0.529. The van der Waals surface area contributed by atoms with E-state index in [1.165, 1.54) is 5.56 Å². The fraction of sp³-hybridized carbons (Fsp3) is 0.667. The molecule has 0 spiro atoms. The van der Waals surface area contributed by atoms with E-state index < -0.39 is 0 Å². The Kier molecular flexibility index (Phi) is 2.87. The molecule has 0 aromatic carbocycles. The topological polar surface area (TPSA) is 43.8 Å². The van der Waals surface area contributed by atoms with E-state index >= 15 is 0 Å². The van der Waals surface area contributed by atoms with Crippen LogP contribution in [0.3, 0.4) is 0 Å². The van der Waals surface area contributed by atoms with Gasteiger partial charge >= 0.3 is 0 Å². The third-order valence-corrected chi connectivity index (χ3v) is 1.96. The first-order chi connectivity index (χ1) is 5.65. The maximum Gasteiger partial charge on any atom is 0.0626 e. The Balaban J connectivity index is 2.85. The molecule has 0 aliphatic carbocycles. The van der Waals surface area contributed by atoms with Crippen LogP contribution in [0.15, 0.2) is 6.20 Å². The summed E-state index contributed by atoms with van der Waals surface area (Å²) in [6.07, 6.45) is 3.02. The summed E-state index contributed by atoms with van der Waals surface area (Å²) >= 11 is 0. The zero-order chi connectivity index (χ0) is 9.14. The number of aromatic nitrogens is 2. The van der Waals surface area contributed by atoms with Crippen LogP contribution >= 0.6 is 0 Å². The van der Waals surface area contributed by atoms with Gasteiger partial charge in [0.05, 0.1) is 5.69 Å². The minimum absolute atomic E-state index is 0.440. The van der Waals surface area contributed by atoms with Gasteiger partial charge < -0.3 is 5.73 Å². The molecule has 12 heavy (non-hydrogen) atoms. The predicted octanol–water partition coefficient (Wildman–Crippen LogP) is 1.27. The van der Waals surface area contributed by atoms with Crippen molar-refractivity contribution in [1.29, 1.82) is 0 Å². The van der Waals surface area contributed by atoms with E-state index in [1.807, 2.05) is 11.6 Å². The molecule has 68 valence electrons. The summed E-state index contributed by atoms with van der Waals surface area (Å²) in [6, 6.07) is 0.440. The normalized spacial score (nSPS) is 11.1. The fourth-order valence-corrected chi connectivity index (χ4v) is 1.18. The van der Waals surface area contributed by atoms with Crippen molar-refractivity contribution < 1.29 is 0 Å². The predicted molar refractivity (Wildman–Crippen MR) is 50.1 cm³/mol. The second kappa shape index (κ2) is 3.72. The van der Waals surface area contributed by atoms with Crippen molar-refractivity contribution in [3.8, 4) is 0 Å². The van der Waals surface area contributed by atoms with Crippen LogP contribution in [-0.4, -0.2) is 16.3 Å². The highest BCUT2D eigenvalue weighted by atomic mass is 15.3. The summed E-state index contributed by atoms with van der Waals surface area (Å²) < 4.78 is 1.99. The van der Waals surface area contributed by atoms with Crippen LogP contribution in [0.25, 0.3) is 0 Å². The van der Waals surface area contributed by atoms with Crippen LogP contribution in [0.1, 0.15) is 31.1 Å². The first-order valence-electron chi connectivity index (χ1n) is 4.40. The van der Waals surface area contributed by atoms with Crippen molar-refractivity contribution >= 4 is 0 Å². The van der Waals surface area contributed by atoms with E-state index in [-0.39, 0.29) is 0 Å². The molecule has 0 radical (unpaired) electrons. The molecule has 2 N–H and O–H groups in total. The molecule has 1 rings (SSSR count). The van der Waals surface area contributed by atoms with Gasteiger partial charge in [0.2, 0.25) is 0 Å². The largest absolute Gasteiger partial charge is 0.330 e. The summed E-state index contributed by atoms with van der Waals surface area (Å²) in [7, 11) is 0. The van der Waals surface area contributed by atoms with Gasteiger partial charge in [0.1, 0.15) is 0 Å².